The standard InChI is InChI=1S/C15H17N3O3S/c1-2-18-11-5-8-14(13(9-11)15(17)19)22(20,21)12-6-3-10(16)4-7-12/h3-9,18H,2,16H2,1H3,(H2,17,19). The first-order valence-corrected chi connectivity index (χ1v) is 8.13. The van der Waals surface area contributed by atoms with E-state index < -0.39 is 15.7 Å². The molecule has 2 aromatic rings. The average molecular weight is 319 g/mol. The van der Waals surface area contributed by atoms with E-state index >= 15 is 0 Å². The van der Waals surface area contributed by atoms with E-state index in [1.807, 2.05) is 6.92 Å². The van der Waals surface area contributed by atoms with Gasteiger partial charge in [0.15, 0.2) is 0 Å². The van der Waals surface area contributed by atoms with Gasteiger partial charge in [0.2, 0.25) is 15.7 Å². The highest BCUT2D eigenvalue weighted by Crippen LogP contribution is 2.27. The van der Waals surface area contributed by atoms with Crippen LogP contribution in [0.15, 0.2) is 52.3 Å². The summed E-state index contributed by atoms with van der Waals surface area (Å²) in [5.74, 6) is -0.797. The van der Waals surface area contributed by atoms with Crippen LogP contribution in [0.4, 0.5) is 11.4 Å². The molecule has 6 nitrogen and oxygen atoms in total. The van der Waals surface area contributed by atoms with Crippen LogP contribution < -0.4 is 16.8 Å². The Morgan fingerprint density at radius 3 is 2.32 bits per heavy atom. The van der Waals surface area contributed by atoms with Crippen LogP contribution in [0.3, 0.4) is 0 Å². The number of carbonyl (C=O) groups excluding carboxylic acids is 1. The zero-order valence-electron chi connectivity index (χ0n) is 12.0. The summed E-state index contributed by atoms with van der Waals surface area (Å²) in [7, 11) is -3.85. The summed E-state index contributed by atoms with van der Waals surface area (Å²) >= 11 is 0. The number of anilines is 2. The molecule has 0 aliphatic rings. The third kappa shape index (κ3) is 3.04. The van der Waals surface area contributed by atoms with Crippen LogP contribution in [-0.4, -0.2) is 20.9 Å². The number of benzene rings is 2. The maximum absolute atomic E-state index is 12.7. The number of carbonyl (C=O) groups is 1. The lowest BCUT2D eigenvalue weighted by Crippen LogP contribution is -2.17. The van der Waals surface area contributed by atoms with Crippen LogP contribution in [-0.2, 0) is 9.84 Å². The Kier molecular flexibility index (Phi) is 4.37. The van der Waals surface area contributed by atoms with Gasteiger partial charge in [0.05, 0.1) is 15.4 Å². The molecule has 2 rings (SSSR count). The van der Waals surface area contributed by atoms with E-state index in [4.69, 9.17) is 11.5 Å². The second-order valence-electron chi connectivity index (χ2n) is 4.68. The summed E-state index contributed by atoms with van der Waals surface area (Å²) in [6.45, 7) is 2.53. The Morgan fingerprint density at radius 1 is 1.14 bits per heavy atom. The number of nitrogens with two attached hydrogens (primary N) is 2. The van der Waals surface area contributed by atoms with Crippen LogP contribution in [0.5, 0.6) is 0 Å². The number of rotatable bonds is 5. The van der Waals surface area contributed by atoms with Crippen molar-refractivity contribution in [3.63, 3.8) is 0 Å². The van der Waals surface area contributed by atoms with Crippen molar-refractivity contribution < 1.29 is 13.2 Å². The Bertz CT molecular complexity index is 799. The van der Waals surface area contributed by atoms with Crippen molar-refractivity contribution in [2.45, 2.75) is 16.7 Å². The van der Waals surface area contributed by atoms with E-state index in [0.29, 0.717) is 17.9 Å². The molecule has 1 amide bonds. The van der Waals surface area contributed by atoms with Gasteiger partial charge in [0, 0.05) is 17.9 Å². The fraction of sp³-hybridized carbons (Fsp3) is 0.133. The van der Waals surface area contributed by atoms with Crippen LogP contribution >= 0.6 is 0 Å². The average Bonchev–Trinajstić information content (AvgIpc) is 2.47. The normalized spacial score (nSPS) is 11.1. The van der Waals surface area contributed by atoms with E-state index in [1.54, 1.807) is 6.07 Å². The molecule has 2 aromatic carbocycles. The van der Waals surface area contributed by atoms with Crippen LogP contribution in [0.2, 0.25) is 0 Å². The highest BCUT2D eigenvalue weighted by atomic mass is 32.2. The van der Waals surface area contributed by atoms with Gasteiger partial charge in [-0.15, -0.1) is 0 Å². The fourth-order valence-electron chi connectivity index (χ4n) is 2.04. The summed E-state index contributed by atoms with van der Waals surface area (Å²) in [5.41, 5.74) is 11.9. The van der Waals surface area contributed by atoms with Gasteiger partial charge >= 0.3 is 0 Å². The molecule has 0 unspecified atom stereocenters. The second-order valence-corrected chi connectivity index (χ2v) is 6.60. The molecule has 116 valence electrons. The molecular weight excluding hydrogens is 302 g/mol. The predicted molar refractivity (Wildman–Crippen MR) is 85.4 cm³/mol. The number of nitrogens with one attached hydrogen (secondary N) is 1. The molecular formula is C15H17N3O3S. The third-order valence-electron chi connectivity index (χ3n) is 3.11. The molecule has 0 heterocycles. The largest absolute Gasteiger partial charge is 0.399 e. The minimum atomic E-state index is -3.85. The van der Waals surface area contributed by atoms with Gasteiger partial charge < -0.3 is 16.8 Å². The maximum Gasteiger partial charge on any atom is 0.250 e. The molecule has 0 radical (unpaired) electrons. The summed E-state index contributed by atoms with van der Waals surface area (Å²) in [6.07, 6.45) is 0. The molecule has 0 aliphatic heterocycles. The van der Waals surface area contributed by atoms with Crippen LogP contribution in [0.1, 0.15) is 17.3 Å². The Labute approximate surface area is 129 Å². The van der Waals surface area contributed by atoms with Crippen LogP contribution in [0.25, 0.3) is 0 Å². The first kappa shape index (κ1) is 15.8. The molecule has 7 heteroatoms. The number of hydrogen-bond acceptors (Lipinski definition) is 5. The minimum absolute atomic E-state index is 0.0460. The molecule has 0 bridgehead atoms. The highest BCUT2D eigenvalue weighted by molar-refractivity contribution is 7.91. The topological polar surface area (TPSA) is 115 Å². The first-order valence-electron chi connectivity index (χ1n) is 6.64. The van der Waals surface area contributed by atoms with Gasteiger partial charge in [-0.25, -0.2) is 8.42 Å². The maximum atomic E-state index is 12.7. The molecule has 0 spiro atoms. The summed E-state index contributed by atoms with van der Waals surface area (Å²) in [6, 6.07) is 10.2. The van der Waals surface area contributed by atoms with Crippen molar-refractivity contribution in [3.8, 4) is 0 Å². The van der Waals surface area contributed by atoms with Gasteiger partial charge in [-0.2, -0.15) is 0 Å². The van der Waals surface area contributed by atoms with Crippen LogP contribution in [0, 0.1) is 0 Å². The lowest BCUT2D eigenvalue weighted by Gasteiger charge is -2.11. The van der Waals surface area contributed by atoms with Crippen molar-refractivity contribution >= 4 is 27.1 Å². The van der Waals surface area contributed by atoms with Gasteiger partial charge in [-0.05, 0) is 49.4 Å². The molecule has 0 aromatic heterocycles. The number of nitrogen functional groups attached to an aromatic ring is 1. The predicted octanol–water partition coefficient (Wildman–Crippen LogP) is 1.63. The molecule has 0 aliphatic carbocycles. The van der Waals surface area contributed by atoms with E-state index in [0.717, 1.165) is 0 Å². The first-order chi connectivity index (χ1) is 10.4. The number of amides is 1. The second kappa shape index (κ2) is 6.07. The molecule has 0 fully saturated rings. The van der Waals surface area contributed by atoms with Gasteiger partial charge in [-0.1, -0.05) is 0 Å². The third-order valence-corrected chi connectivity index (χ3v) is 4.93. The Balaban J connectivity index is 2.59. The van der Waals surface area contributed by atoms with Crippen molar-refractivity contribution in [1.82, 2.24) is 0 Å². The van der Waals surface area contributed by atoms with Gasteiger partial charge in [-0.3, -0.25) is 4.79 Å². The lowest BCUT2D eigenvalue weighted by molar-refractivity contribution is 0.0997. The highest BCUT2D eigenvalue weighted by Gasteiger charge is 2.23. The van der Waals surface area contributed by atoms with Gasteiger partial charge in [0.1, 0.15) is 0 Å². The SMILES string of the molecule is CCNc1ccc(S(=O)(=O)c2ccc(N)cc2)c(C(N)=O)c1. The van der Waals surface area contributed by atoms with Crippen molar-refractivity contribution in [2.75, 3.05) is 17.6 Å². The Morgan fingerprint density at radius 2 is 1.77 bits per heavy atom. The molecule has 0 atom stereocenters. The molecule has 5 N–H and O–H groups in total. The van der Waals surface area contributed by atoms with Gasteiger partial charge in [0.25, 0.3) is 0 Å². The zero-order valence-corrected chi connectivity index (χ0v) is 12.9. The van der Waals surface area contributed by atoms with E-state index in [1.165, 1.54) is 36.4 Å². The van der Waals surface area contributed by atoms with Crippen molar-refractivity contribution in [1.29, 1.82) is 0 Å². The molecule has 22 heavy (non-hydrogen) atoms. The zero-order chi connectivity index (χ0) is 16.3. The lowest BCUT2D eigenvalue weighted by atomic mass is 10.2. The monoisotopic (exact) mass is 319 g/mol. The van der Waals surface area contributed by atoms with E-state index in [9.17, 15) is 13.2 Å². The van der Waals surface area contributed by atoms with Crippen molar-refractivity contribution in [2.24, 2.45) is 5.73 Å². The summed E-state index contributed by atoms with van der Waals surface area (Å²) in [5, 5.41) is 3.01. The fourth-order valence-corrected chi connectivity index (χ4v) is 3.49. The summed E-state index contributed by atoms with van der Waals surface area (Å²) in [4.78, 5) is 11.6. The quantitative estimate of drug-likeness (QED) is 0.724. The van der Waals surface area contributed by atoms with E-state index in [2.05, 4.69) is 5.32 Å². The minimum Gasteiger partial charge on any atom is -0.399 e. The smallest absolute Gasteiger partial charge is 0.250 e. The number of primary amides is 1. The Hall–Kier alpha value is -2.54. The van der Waals surface area contributed by atoms with E-state index in [-0.39, 0.29) is 15.4 Å². The summed E-state index contributed by atoms with van der Waals surface area (Å²) < 4.78 is 25.3. The molecule has 0 saturated heterocycles. The molecule has 0 saturated carbocycles. The number of sulfone groups is 1. The number of hydrogen-bond donors (Lipinski definition) is 3. The van der Waals surface area contributed by atoms with Crippen molar-refractivity contribution in [3.05, 3.63) is 48.0 Å².